The quantitative estimate of drug-likeness (QED) is 0.516. The van der Waals surface area contributed by atoms with Crippen LogP contribution in [0.2, 0.25) is 0 Å². The first-order valence-corrected chi connectivity index (χ1v) is 13.3. The summed E-state index contributed by atoms with van der Waals surface area (Å²) >= 11 is -6.18. The molecule has 0 amide bonds. The summed E-state index contributed by atoms with van der Waals surface area (Å²) in [6, 6.07) is 0. The van der Waals surface area contributed by atoms with Crippen molar-refractivity contribution in [3.05, 3.63) is 10.1 Å². The van der Waals surface area contributed by atoms with E-state index in [2.05, 4.69) is 0 Å². The predicted molar refractivity (Wildman–Crippen MR) is 32.9 cm³/mol. The van der Waals surface area contributed by atoms with Crippen molar-refractivity contribution in [1.29, 1.82) is 0 Å². The summed E-state index contributed by atoms with van der Waals surface area (Å²) in [6.45, 7) is 0. The Morgan fingerprint density at radius 3 is 1.44 bits per heavy atom. The van der Waals surface area contributed by atoms with E-state index in [9.17, 15) is 10.1 Å². The first-order valence-electron chi connectivity index (χ1n) is 1.23. The van der Waals surface area contributed by atoms with Gasteiger partial charge in [-0.15, -0.1) is 0 Å². The molecule has 58 valence electrons. The van der Waals surface area contributed by atoms with Gasteiger partial charge in [0.15, 0.2) is 0 Å². The second-order valence-electron chi connectivity index (χ2n) is 1.17. The normalized spacial score (nSPS) is 20.1. The zero-order valence-electron chi connectivity index (χ0n) is 3.87. The van der Waals surface area contributed by atoms with Crippen molar-refractivity contribution in [2.24, 2.45) is 8.58 Å². The first-order chi connectivity index (χ1) is 3.43. The summed E-state index contributed by atoms with van der Waals surface area (Å²) in [5, 5.41) is 9.91. The van der Waals surface area contributed by atoms with Crippen LogP contribution in [-0.4, -0.2) is 3.48 Å². The van der Waals surface area contributed by atoms with Gasteiger partial charge in [-0.3, -0.25) is 0 Å². The van der Waals surface area contributed by atoms with E-state index in [0.717, 1.165) is 0 Å². The Morgan fingerprint density at radius 1 is 1.33 bits per heavy atom. The summed E-state index contributed by atoms with van der Waals surface area (Å²) < 4.78 is 8.21. The third-order valence-electron chi connectivity index (χ3n) is 0.264. The van der Waals surface area contributed by atoms with E-state index in [1.807, 2.05) is 0 Å². The maximum atomic E-state index is 9.91. The number of halogens is 3. The Balaban J connectivity index is 5.01. The van der Waals surface area contributed by atoms with Gasteiger partial charge >= 0.3 is 61.6 Å². The van der Waals surface area contributed by atoms with Crippen LogP contribution in [0.1, 0.15) is 0 Å². The van der Waals surface area contributed by atoms with Crippen molar-refractivity contribution in [1.82, 2.24) is 0 Å². The van der Waals surface area contributed by atoms with Gasteiger partial charge in [0.25, 0.3) is 0 Å². The zero-order valence-corrected chi connectivity index (χ0v) is 8.41. The summed E-state index contributed by atoms with van der Waals surface area (Å²) in [5.74, 6) is 0. The molecule has 0 atom stereocenters. The predicted octanol–water partition coefficient (Wildman–Crippen LogP) is 0.612. The van der Waals surface area contributed by atoms with E-state index in [-0.39, 0.29) is 0 Å². The summed E-state index contributed by atoms with van der Waals surface area (Å²) in [4.78, 5) is 9.91. The second-order valence-corrected chi connectivity index (χ2v) is 27.3. The van der Waals surface area contributed by atoms with Crippen LogP contribution in [0.4, 0.5) is 0 Å². The van der Waals surface area contributed by atoms with E-state index in [1.165, 1.54) is 0 Å². The molecule has 0 aromatic rings. The molecule has 0 saturated heterocycles. The first kappa shape index (κ1) is 9.88. The van der Waals surface area contributed by atoms with Crippen molar-refractivity contribution in [2.45, 2.75) is 0 Å². The molecule has 0 fully saturated rings. The molecule has 0 spiro atoms. The van der Waals surface area contributed by atoms with Gasteiger partial charge in [0.2, 0.25) is 0 Å². The standard InChI is InChI=1S/3ClH.NO2.2H2N.Pt/c;;;2-1-3;;;/h3*1H;;2*1H2;/q;;;;2*-1;+9/p-3. The third-order valence-corrected chi connectivity index (χ3v) is 4.31. The third kappa shape index (κ3) is 3.55. The van der Waals surface area contributed by atoms with Crippen LogP contribution in [0, 0.1) is 10.1 Å². The second kappa shape index (κ2) is 1.55. The van der Waals surface area contributed by atoms with Crippen LogP contribution >= 0.6 is 28.3 Å². The van der Waals surface area contributed by atoms with Crippen LogP contribution < -0.4 is 8.58 Å². The van der Waals surface area contributed by atoms with E-state index in [1.54, 1.807) is 0 Å². The van der Waals surface area contributed by atoms with E-state index in [4.69, 9.17) is 36.8 Å². The van der Waals surface area contributed by atoms with E-state index in [0.29, 0.717) is 0 Å². The van der Waals surface area contributed by atoms with Crippen molar-refractivity contribution in [2.75, 3.05) is 0 Å². The molecule has 0 radical (unpaired) electrons. The molecule has 0 unspecified atom stereocenters. The molecule has 0 aliphatic rings. The zero-order chi connectivity index (χ0) is 7.99. The average Bonchev–Trinajstić information content (AvgIpc) is 1.24. The molecule has 0 heterocycles. The Bertz CT molecular complexity index is 153. The fourth-order valence-corrected chi connectivity index (χ4v) is 0. The van der Waals surface area contributed by atoms with Gasteiger partial charge in [-0.25, -0.2) is 0 Å². The van der Waals surface area contributed by atoms with Crippen molar-refractivity contribution in [3.8, 4) is 0 Å². The number of hydrogen-bond donors (Lipinski definition) is 2. The molecule has 0 saturated carbocycles. The molecule has 0 bridgehead atoms. The maximum absolute atomic E-state index is 9.91. The monoisotopic (exact) mass is 378 g/mol. The molecule has 0 aromatic carbocycles. The Hall–Kier alpha value is 0.878. The molecular weight excluding hydrogens is 375 g/mol. The molecule has 0 aromatic heterocycles. The fourth-order valence-electron chi connectivity index (χ4n) is 0. The summed E-state index contributed by atoms with van der Waals surface area (Å²) in [6.07, 6.45) is 0. The molecule has 0 rings (SSSR count). The van der Waals surface area contributed by atoms with Crippen LogP contribution in [0.25, 0.3) is 0 Å². The van der Waals surface area contributed by atoms with Crippen molar-refractivity contribution in [3.63, 3.8) is 0 Å². The molecule has 4 N–H and O–H groups in total. The molecule has 0 aliphatic carbocycles. The van der Waals surface area contributed by atoms with Gasteiger partial charge in [-0.1, -0.05) is 0 Å². The van der Waals surface area contributed by atoms with Gasteiger partial charge in [0.1, 0.15) is 0 Å². The SMILES string of the molecule is [NH2][Pt+4]([NH2])([Cl])([Cl])([Cl])[N+](=O)[O-]. The Morgan fingerprint density at radius 2 is 1.44 bits per heavy atom. The molecule has 9 heteroatoms. The van der Waals surface area contributed by atoms with Gasteiger partial charge in [0.05, 0.1) is 0 Å². The molecule has 5 nitrogen and oxygen atoms in total. The van der Waals surface area contributed by atoms with Gasteiger partial charge in [-0.2, -0.15) is 0 Å². The van der Waals surface area contributed by atoms with Crippen LogP contribution in [0.15, 0.2) is 0 Å². The number of nitrogens with zero attached hydrogens (tertiary/aromatic N) is 1. The van der Waals surface area contributed by atoms with E-state index < -0.39 is 14.7 Å². The molecule has 9 heavy (non-hydrogen) atoms. The number of rotatable bonds is 1. The van der Waals surface area contributed by atoms with Crippen LogP contribution in [0.5, 0.6) is 0 Å². The van der Waals surface area contributed by atoms with Crippen LogP contribution in [0.3, 0.4) is 0 Å². The van der Waals surface area contributed by atoms with Crippen molar-refractivity contribution < 1.29 is 14.7 Å². The van der Waals surface area contributed by atoms with Gasteiger partial charge < -0.3 is 0 Å². The minimum atomic E-state index is -6.18. The number of nitrogens with two attached hydrogens (primary N) is 2. The number of nitro groups is 1. The van der Waals surface area contributed by atoms with Crippen LogP contribution in [-0.2, 0) is 11.2 Å². The molecule has 0 aliphatic heterocycles. The van der Waals surface area contributed by atoms with Crippen molar-refractivity contribution >= 4 is 28.3 Å². The summed E-state index contributed by atoms with van der Waals surface area (Å²) in [7, 11) is 14.8. The Kier molecular flexibility index (Phi) is 1.70. The summed E-state index contributed by atoms with van der Waals surface area (Å²) in [5.41, 5.74) is 0. The van der Waals surface area contributed by atoms with Gasteiger partial charge in [0, 0.05) is 0 Å². The average molecular weight is 379 g/mol. The Labute approximate surface area is 61.5 Å². The topological polar surface area (TPSA) is 95.2 Å². The minimum absolute atomic E-state index is 1.24. The van der Waals surface area contributed by atoms with E-state index >= 15 is 0 Å². The number of hydrogen-bond acceptors (Lipinski definition) is 4. The van der Waals surface area contributed by atoms with Gasteiger partial charge in [-0.05, 0) is 0 Å². The molecular formula is H4Cl3N3O2Pt+4. The fraction of sp³-hybridized carbons (Fsp3) is 0.